The lowest BCUT2D eigenvalue weighted by Gasteiger charge is -2.11. The minimum atomic E-state index is -0.829. The van der Waals surface area contributed by atoms with E-state index in [2.05, 4.69) is 0 Å². The fourth-order valence-electron chi connectivity index (χ4n) is 1.74. The molecule has 4 nitrogen and oxygen atoms in total. The molecule has 1 atom stereocenters. The van der Waals surface area contributed by atoms with Gasteiger partial charge in [-0.05, 0) is 12.0 Å². The van der Waals surface area contributed by atoms with E-state index in [1.54, 1.807) is 24.3 Å². The van der Waals surface area contributed by atoms with Crippen molar-refractivity contribution in [2.45, 2.75) is 25.7 Å². The second kappa shape index (κ2) is 6.15. The minimum absolute atomic E-state index is 0.0311. The molecule has 0 fully saturated rings. The Bertz CT molecular complexity index is 398. The van der Waals surface area contributed by atoms with Crippen LogP contribution in [0.25, 0.3) is 0 Å². The highest BCUT2D eigenvalue weighted by atomic mass is 16.4. The predicted octanol–water partition coefficient (Wildman–Crippen LogP) is 1.80. The van der Waals surface area contributed by atoms with Gasteiger partial charge in [-0.1, -0.05) is 37.6 Å². The van der Waals surface area contributed by atoms with Gasteiger partial charge < -0.3 is 10.8 Å². The molecule has 1 rings (SSSR count). The molecule has 1 aromatic rings. The molecule has 1 aromatic carbocycles. The Hall–Kier alpha value is -1.68. The van der Waals surface area contributed by atoms with Crippen LogP contribution >= 0.6 is 0 Å². The highest BCUT2D eigenvalue weighted by Crippen LogP contribution is 2.22. The van der Waals surface area contributed by atoms with E-state index >= 15 is 0 Å². The summed E-state index contributed by atoms with van der Waals surface area (Å²) in [6, 6.07) is 6.65. The van der Waals surface area contributed by atoms with E-state index in [4.69, 9.17) is 10.8 Å². The van der Waals surface area contributed by atoms with Crippen LogP contribution in [0.3, 0.4) is 0 Å². The summed E-state index contributed by atoms with van der Waals surface area (Å²) in [5.41, 5.74) is 6.51. The smallest absolute Gasteiger partial charge is 0.310 e. The van der Waals surface area contributed by atoms with Crippen LogP contribution in [0.5, 0.6) is 0 Å². The third-order valence-electron chi connectivity index (χ3n) is 2.70. The highest BCUT2D eigenvalue weighted by Gasteiger charge is 2.18. The van der Waals surface area contributed by atoms with E-state index in [1.165, 1.54) is 0 Å². The Kier molecular flexibility index (Phi) is 4.84. The minimum Gasteiger partial charge on any atom is -0.481 e. The van der Waals surface area contributed by atoms with Crippen molar-refractivity contribution >= 4 is 11.8 Å². The average molecular weight is 235 g/mol. The second-order valence-corrected chi connectivity index (χ2v) is 3.93. The van der Waals surface area contributed by atoms with Crippen LogP contribution in [0.15, 0.2) is 24.3 Å². The van der Waals surface area contributed by atoms with Crippen molar-refractivity contribution < 1.29 is 14.7 Å². The zero-order chi connectivity index (χ0) is 12.8. The van der Waals surface area contributed by atoms with Gasteiger partial charge in [0.25, 0.3) is 0 Å². The number of aliphatic carboxylic acids is 1. The number of ketones is 1. The van der Waals surface area contributed by atoms with Gasteiger partial charge in [0.1, 0.15) is 0 Å². The largest absolute Gasteiger partial charge is 0.481 e. The molecule has 0 radical (unpaired) electrons. The van der Waals surface area contributed by atoms with Crippen molar-refractivity contribution in [2.24, 2.45) is 5.73 Å². The van der Waals surface area contributed by atoms with Gasteiger partial charge in [-0.2, -0.15) is 0 Å². The maximum atomic E-state index is 11.3. The van der Waals surface area contributed by atoms with E-state index in [-0.39, 0.29) is 12.3 Å². The molecule has 0 aliphatic carbocycles. The molecule has 0 spiro atoms. The molecule has 0 aliphatic rings. The van der Waals surface area contributed by atoms with Crippen molar-refractivity contribution in [2.75, 3.05) is 6.54 Å². The fourth-order valence-corrected chi connectivity index (χ4v) is 1.74. The van der Waals surface area contributed by atoms with Gasteiger partial charge in [-0.3, -0.25) is 9.59 Å². The number of carbonyl (C=O) groups excluding carboxylic acids is 1. The fraction of sp³-hybridized carbons (Fsp3) is 0.385. The van der Waals surface area contributed by atoms with Gasteiger partial charge in [0, 0.05) is 5.56 Å². The van der Waals surface area contributed by atoms with E-state index in [1.807, 2.05) is 6.92 Å². The van der Waals surface area contributed by atoms with Gasteiger partial charge in [0.15, 0.2) is 5.78 Å². The molecule has 92 valence electrons. The van der Waals surface area contributed by atoms with Crippen molar-refractivity contribution in [3.8, 4) is 0 Å². The van der Waals surface area contributed by atoms with Crippen LogP contribution in [0.1, 0.15) is 41.6 Å². The number of Topliss-reactive ketones (excluding diaryl/α,β-unsaturated/α-hetero) is 1. The molecule has 0 amide bonds. The zero-order valence-corrected chi connectivity index (χ0v) is 9.85. The third-order valence-corrected chi connectivity index (χ3v) is 2.70. The lowest BCUT2D eigenvalue weighted by Crippen LogP contribution is -2.14. The summed E-state index contributed by atoms with van der Waals surface area (Å²) in [7, 11) is 0. The molecule has 0 heterocycles. The van der Waals surface area contributed by atoms with Gasteiger partial charge in [0.2, 0.25) is 0 Å². The van der Waals surface area contributed by atoms with E-state index < -0.39 is 11.9 Å². The number of carbonyl (C=O) groups is 2. The van der Waals surface area contributed by atoms with Gasteiger partial charge in [0.05, 0.1) is 12.5 Å². The first-order chi connectivity index (χ1) is 8.10. The first-order valence-electron chi connectivity index (χ1n) is 5.66. The Morgan fingerprint density at radius 2 is 1.88 bits per heavy atom. The third kappa shape index (κ3) is 3.39. The quantitative estimate of drug-likeness (QED) is 0.737. The molecule has 17 heavy (non-hydrogen) atoms. The second-order valence-electron chi connectivity index (χ2n) is 3.93. The standard InChI is InChI=1S/C13H17NO3/c1-2-3-11(13(16)17)9-4-6-10(7-5-9)12(15)8-14/h4-7,11H,2-3,8,14H2,1H3,(H,16,17). The van der Waals surface area contributed by atoms with Crippen LogP contribution in [-0.4, -0.2) is 23.4 Å². The summed E-state index contributed by atoms with van der Waals surface area (Å²) in [6.07, 6.45) is 1.40. The lowest BCUT2D eigenvalue weighted by atomic mass is 9.93. The number of hydrogen-bond acceptors (Lipinski definition) is 3. The Morgan fingerprint density at radius 1 is 1.29 bits per heavy atom. The van der Waals surface area contributed by atoms with Crippen molar-refractivity contribution in [3.05, 3.63) is 35.4 Å². The molecule has 1 unspecified atom stereocenters. The Balaban J connectivity index is 2.91. The molecule has 0 aromatic heterocycles. The summed E-state index contributed by atoms with van der Waals surface area (Å²) >= 11 is 0. The summed E-state index contributed by atoms with van der Waals surface area (Å²) in [4.78, 5) is 22.4. The van der Waals surface area contributed by atoms with Crippen LogP contribution in [0, 0.1) is 0 Å². The molecule has 0 bridgehead atoms. The molecule has 3 N–H and O–H groups in total. The average Bonchev–Trinajstić information content (AvgIpc) is 2.35. The number of carboxylic acid groups (broad SMARTS) is 1. The zero-order valence-electron chi connectivity index (χ0n) is 9.85. The van der Waals surface area contributed by atoms with Crippen molar-refractivity contribution in [1.29, 1.82) is 0 Å². The van der Waals surface area contributed by atoms with Crippen LogP contribution in [-0.2, 0) is 4.79 Å². The lowest BCUT2D eigenvalue weighted by molar-refractivity contribution is -0.139. The number of benzene rings is 1. The van der Waals surface area contributed by atoms with Gasteiger partial charge in [-0.25, -0.2) is 0 Å². The van der Waals surface area contributed by atoms with Crippen molar-refractivity contribution in [3.63, 3.8) is 0 Å². The summed E-state index contributed by atoms with van der Waals surface area (Å²) < 4.78 is 0. The number of carboxylic acids is 1. The van der Waals surface area contributed by atoms with Crippen LogP contribution < -0.4 is 5.73 Å². The topological polar surface area (TPSA) is 80.4 Å². The molecule has 0 saturated heterocycles. The SMILES string of the molecule is CCCC(C(=O)O)c1ccc(C(=O)CN)cc1. The number of hydrogen-bond donors (Lipinski definition) is 2. The number of nitrogens with two attached hydrogens (primary N) is 1. The normalized spacial score (nSPS) is 12.1. The molecular formula is C13H17NO3. The van der Waals surface area contributed by atoms with E-state index in [0.717, 1.165) is 12.0 Å². The molecule has 0 aliphatic heterocycles. The maximum absolute atomic E-state index is 11.3. The molecule has 4 heteroatoms. The van der Waals surface area contributed by atoms with Crippen molar-refractivity contribution in [1.82, 2.24) is 0 Å². The maximum Gasteiger partial charge on any atom is 0.310 e. The summed E-state index contributed by atoms with van der Waals surface area (Å²) in [5.74, 6) is -1.47. The summed E-state index contributed by atoms with van der Waals surface area (Å²) in [5, 5.41) is 9.10. The van der Waals surface area contributed by atoms with Gasteiger partial charge in [-0.15, -0.1) is 0 Å². The molecule has 0 saturated carbocycles. The predicted molar refractivity (Wildman–Crippen MR) is 65.1 cm³/mol. The van der Waals surface area contributed by atoms with Crippen LogP contribution in [0.4, 0.5) is 0 Å². The van der Waals surface area contributed by atoms with E-state index in [0.29, 0.717) is 12.0 Å². The Morgan fingerprint density at radius 3 is 2.29 bits per heavy atom. The first kappa shape index (κ1) is 13.4. The summed E-state index contributed by atoms with van der Waals surface area (Å²) in [6.45, 7) is 1.92. The van der Waals surface area contributed by atoms with E-state index in [9.17, 15) is 9.59 Å². The highest BCUT2D eigenvalue weighted by molar-refractivity contribution is 5.97. The van der Waals surface area contributed by atoms with Gasteiger partial charge >= 0.3 is 5.97 Å². The number of rotatable bonds is 6. The monoisotopic (exact) mass is 235 g/mol. The first-order valence-corrected chi connectivity index (χ1v) is 5.66. The molecular weight excluding hydrogens is 218 g/mol. The van der Waals surface area contributed by atoms with Crippen LogP contribution in [0.2, 0.25) is 0 Å². The Labute approximate surface area is 100 Å².